The van der Waals surface area contributed by atoms with Crippen LogP contribution in [-0.2, 0) is 0 Å². The molecule has 0 radical (unpaired) electrons. The maximum Gasteiger partial charge on any atom is 0.164 e. The maximum atomic E-state index is 6.67. The molecule has 48 heavy (non-hydrogen) atoms. The second kappa shape index (κ2) is 10.6. The molecule has 8 aromatic rings. The number of nitrogens with zero attached hydrogens (tertiary/aromatic N) is 3. The molecule has 2 aliphatic rings. The molecule has 1 aliphatic carbocycles. The summed E-state index contributed by atoms with van der Waals surface area (Å²) in [5, 5.41) is 4.51. The minimum Gasteiger partial charge on any atom is -0.485 e. The van der Waals surface area contributed by atoms with Gasteiger partial charge in [0.25, 0.3) is 0 Å². The second-order valence-corrected chi connectivity index (χ2v) is 12.3. The third kappa shape index (κ3) is 4.28. The zero-order valence-corrected chi connectivity index (χ0v) is 25.7. The Bertz CT molecular complexity index is 2550. The van der Waals surface area contributed by atoms with Gasteiger partial charge >= 0.3 is 0 Å². The molecule has 0 N–H and O–H groups in total. The molecule has 0 saturated heterocycles. The number of allylic oxidation sites excluding steroid dienone is 2. The molecule has 2 unspecified atom stereocenters. The van der Waals surface area contributed by atoms with Crippen LogP contribution in [0.25, 0.3) is 66.6 Å². The first-order chi connectivity index (χ1) is 23.8. The van der Waals surface area contributed by atoms with E-state index in [1.807, 2.05) is 78.9 Å². The zero-order valence-electron chi connectivity index (χ0n) is 25.7. The smallest absolute Gasteiger partial charge is 0.164 e. The van der Waals surface area contributed by atoms with E-state index in [-0.39, 0.29) is 12.0 Å². The van der Waals surface area contributed by atoms with Crippen molar-refractivity contribution in [1.29, 1.82) is 0 Å². The Hall–Kier alpha value is -6.33. The van der Waals surface area contributed by atoms with Crippen LogP contribution in [0.2, 0.25) is 0 Å². The zero-order chi connectivity index (χ0) is 31.6. The average molecular weight is 618 g/mol. The van der Waals surface area contributed by atoms with E-state index in [4.69, 9.17) is 24.1 Å². The van der Waals surface area contributed by atoms with Crippen molar-refractivity contribution < 1.29 is 9.15 Å². The number of fused-ring (bicyclic) bond motifs is 7. The van der Waals surface area contributed by atoms with Crippen molar-refractivity contribution in [3.63, 3.8) is 0 Å². The van der Waals surface area contributed by atoms with E-state index in [1.165, 1.54) is 5.39 Å². The first-order valence-electron chi connectivity index (χ1n) is 16.2. The van der Waals surface area contributed by atoms with Gasteiger partial charge in [0.15, 0.2) is 17.5 Å². The highest BCUT2D eigenvalue weighted by Gasteiger charge is 2.40. The van der Waals surface area contributed by atoms with Gasteiger partial charge in [-0.1, -0.05) is 115 Å². The molecule has 10 rings (SSSR count). The van der Waals surface area contributed by atoms with Gasteiger partial charge < -0.3 is 9.15 Å². The van der Waals surface area contributed by atoms with Crippen LogP contribution in [0.15, 0.2) is 156 Å². The molecule has 2 atom stereocenters. The fraction of sp³-hybridized carbons (Fsp3) is 0.0465. The van der Waals surface area contributed by atoms with Crippen molar-refractivity contribution >= 4 is 43.9 Å². The normalized spacial score (nSPS) is 16.8. The van der Waals surface area contributed by atoms with Crippen LogP contribution in [0.4, 0.5) is 0 Å². The molecule has 0 saturated carbocycles. The highest BCUT2D eigenvalue weighted by molar-refractivity contribution is 6.15. The summed E-state index contributed by atoms with van der Waals surface area (Å²) in [4.78, 5) is 15.3. The Balaban J connectivity index is 1.22. The van der Waals surface area contributed by atoms with Crippen molar-refractivity contribution in [2.45, 2.75) is 12.0 Å². The monoisotopic (exact) mass is 617 g/mol. The molecule has 3 heterocycles. The highest BCUT2D eigenvalue weighted by Crippen LogP contribution is 2.50. The molecular weight excluding hydrogens is 590 g/mol. The third-order valence-electron chi connectivity index (χ3n) is 9.47. The molecule has 0 spiro atoms. The topological polar surface area (TPSA) is 61.0 Å². The Morgan fingerprint density at radius 2 is 1.19 bits per heavy atom. The van der Waals surface area contributed by atoms with Crippen LogP contribution in [0, 0.1) is 0 Å². The summed E-state index contributed by atoms with van der Waals surface area (Å²) in [7, 11) is 0. The average Bonchev–Trinajstić information content (AvgIpc) is 3.72. The van der Waals surface area contributed by atoms with Gasteiger partial charge in [0, 0.05) is 33.0 Å². The third-order valence-corrected chi connectivity index (χ3v) is 9.47. The molecule has 2 aromatic heterocycles. The highest BCUT2D eigenvalue weighted by atomic mass is 16.5. The number of furan rings is 1. The largest absolute Gasteiger partial charge is 0.485 e. The molecule has 0 fully saturated rings. The summed E-state index contributed by atoms with van der Waals surface area (Å²) < 4.78 is 13.1. The van der Waals surface area contributed by atoms with Gasteiger partial charge in [-0.15, -0.1) is 0 Å². The van der Waals surface area contributed by atoms with Crippen LogP contribution < -0.4 is 4.74 Å². The van der Waals surface area contributed by atoms with Gasteiger partial charge in [0.1, 0.15) is 23.0 Å². The Labute approximate surface area is 276 Å². The minimum absolute atomic E-state index is 0.0798. The molecule has 226 valence electrons. The predicted molar refractivity (Wildman–Crippen MR) is 191 cm³/mol. The number of rotatable bonds is 4. The number of para-hydroxylation sites is 1. The summed E-state index contributed by atoms with van der Waals surface area (Å²) >= 11 is 0. The van der Waals surface area contributed by atoms with Gasteiger partial charge in [0.2, 0.25) is 0 Å². The van der Waals surface area contributed by atoms with Gasteiger partial charge in [-0.3, -0.25) is 0 Å². The number of benzene rings is 6. The van der Waals surface area contributed by atoms with Crippen LogP contribution in [0.1, 0.15) is 22.9 Å². The van der Waals surface area contributed by atoms with E-state index < -0.39 is 0 Å². The van der Waals surface area contributed by atoms with Crippen molar-refractivity contribution in [3.05, 3.63) is 169 Å². The maximum absolute atomic E-state index is 6.67. The minimum atomic E-state index is -0.233. The summed E-state index contributed by atoms with van der Waals surface area (Å²) in [6.07, 6.45) is 4.27. The standard InChI is InChI=1S/C43H27N3O2/c1-3-12-26(13-4-1)41-44-42(27-14-5-2-6-15-27)46-43(45-41)34-23-30(25-38-40(34)32-18-9-10-20-35(32)47-38)31-19-11-21-36-39(31)33-22-28-16-7-8-17-29(28)24-37(33)48-36/h1-25,38,40H. The second-order valence-electron chi connectivity index (χ2n) is 12.3. The van der Waals surface area contributed by atoms with E-state index >= 15 is 0 Å². The van der Waals surface area contributed by atoms with Gasteiger partial charge in [0.05, 0.1) is 5.92 Å². The Kier molecular flexibility index (Phi) is 5.93. The van der Waals surface area contributed by atoms with Crippen molar-refractivity contribution in [2.75, 3.05) is 0 Å². The fourth-order valence-corrected chi connectivity index (χ4v) is 7.25. The van der Waals surface area contributed by atoms with Crippen LogP contribution >= 0.6 is 0 Å². The van der Waals surface area contributed by atoms with Crippen molar-refractivity contribution in [1.82, 2.24) is 15.0 Å². The summed E-state index contributed by atoms with van der Waals surface area (Å²) in [5.74, 6) is 2.71. The van der Waals surface area contributed by atoms with Gasteiger partial charge in [-0.2, -0.15) is 0 Å². The van der Waals surface area contributed by atoms with Gasteiger partial charge in [-0.05, 0) is 58.3 Å². The summed E-state index contributed by atoms with van der Waals surface area (Å²) in [6, 6.07) is 47.6. The summed E-state index contributed by atoms with van der Waals surface area (Å²) in [5.41, 5.74) is 7.85. The lowest BCUT2D eigenvalue weighted by molar-refractivity contribution is 0.272. The Morgan fingerprint density at radius 3 is 1.94 bits per heavy atom. The van der Waals surface area contributed by atoms with Crippen molar-refractivity contribution in [3.8, 4) is 28.5 Å². The lowest BCUT2D eigenvalue weighted by Crippen LogP contribution is -2.22. The molecule has 5 heteroatoms. The summed E-state index contributed by atoms with van der Waals surface area (Å²) in [6.45, 7) is 0. The number of hydrogen-bond acceptors (Lipinski definition) is 5. The van der Waals surface area contributed by atoms with Crippen LogP contribution in [0.3, 0.4) is 0 Å². The van der Waals surface area contributed by atoms with Crippen LogP contribution in [-0.4, -0.2) is 21.1 Å². The molecular formula is C43H27N3O2. The Morgan fingerprint density at radius 1 is 0.542 bits per heavy atom. The lowest BCUT2D eigenvalue weighted by atomic mass is 9.80. The quantitative estimate of drug-likeness (QED) is 0.197. The lowest BCUT2D eigenvalue weighted by Gasteiger charge is -2.25. The van der Waals surface area contributed by atoms with Gasteiger partial charge in [-0.25, -0.2) is 15.0 Å². The number of ether oxygens (including phenoxy) is 1. The van der Waals surface area contributed by atoms with E-state index in [0.29, 0.717) is 17.5 Å². The molecule has 6 aromatic carbocycles. The van der Waals surface area contributed by atoms with E-state index in [2.05, 4.69) is 72.8 Å². The van der Waals surface area contributed by atoms with E-state index in [1.54, 1.807) is 0 Å². The first-order valence-corrected chi connectivity index (χ1v) is 16.2. The number of hydrogen-bond donors (Lipinski definition) is 0. The molecule has 0 bridgehead atoms. The van der Waals surface area contributed by atoms with Crippen molar-refractivity contribution in [2.24, 2.45) is 0 Å². The first kappa shape index (κ1) is 26.8. The van der Waals surface area contributed by atoms with E-state index in [0.717, 1.165) is 66.5 Å². The molecule has 0 amide bonds. The van der Waals surface area contributed by atoms with Crippen LogP contribution in [0.5, 0.6) is 5.75 Å². The van der Waals surface area contributed by atoms with E-state index in [9.17, 15) is 0 Å². The molecule has 5 nitrogen and oxygen atoms in total. The number of aromatic nitrogens is 3. The fourth-order valence-electron chi connectivity index (χ4n) is 7.25. The predicted octanol–water partition coefficient (Wildman–Crippen LogP) is 10.3. The molecule has 1 aliphatic heterocycles. The SMILES string of the molecule is C1=C(c2cccc3oc4cc5ccccc5cc4c23)C=C(c2nc(-c3ccccc3)nc(-c3ccccc3)n2)C2c3ccccc3OC12.